The molecule has 158 valence electrons. The van der Waals surface area contributed by atoms with Gasteiger partial charge >= 0.3 is 0 Å². The Bertz CT molecular complexity index is 882. The third-order valence-corrected chi connectivity index (χ3v) is 7.37. The molecule has 0 bridgehead atoms. The molecule has 1 saturated carbocycles. The fourth-order valence-electron chi connectivity index (χ4n) is 5.67. The lowest BCUT2D eigenvalue weighted by Gasteiger charge is -2.45. The Morgan fingerprint density at radius 3 is 2.33 bits per heavy atom. The number of benzene rings is 2. The van der Waals surface area contributed by atoms with E-state index in [1.54, 1.807) is 0 Å². The molecule has 1 saturated heterocycles. The van der Waals surface area contributed by atoms with Gasteiger partial charge < -0.3 is 14.8 Å². The van der Waals surface area contributed by atoms with Crippen LogP contribution in [-0.4, -0.2) is 24.7 Å². The molecule has 1 spiro atoms. The summed E-state index contributed by atoms with van der Waals surface area (Å²) in [6.45, 7) is 1.24. The van der Waals surface area contributed by atoms with Gasteiger partial charge in [-0.2, -0.15) is 0 Å². The Hall–Kier alpha value is -2.33. The third kappa shape index (κ3) is 3.51. The number of carbonyl (C=O) groups excluding carboxylic acids is 1. The molecule has 5 rings (SSSR count). The van der Waals surface area contributed by atoms with Crippen LogP contribution in [0.25, 0.3) is 0 Å². The molecular weight excluding hydrogens is 374 g/mol. The van der Waals surface area contributed by atoms with Gasteiger partial charge in [0, 0.05) is 25.2 Å². The summed E-state index contributed by atoms with van der Waals surface area (Å²) in [5, 5.41) is 3.48. The van der Waals surface area contributed by atoms with Crippen molar-refractivity contribution in [2.24, 2.45) is 0 Å². The molecule has 30 heavy (non-hydrogen) atoms. The largest absolute Gasteiger partial charge is 0.487 e. The van der Waals surface area contributed by atoms with Gasteiger partial charge in [0.2, 0.25) is 5.91 Å². The number of nitrogens with one attached hydrogen (secondary N) is 1. The van der Waals surface area contributed by atoms with Crippen LogP contribution in [0.1, 0.15) is 68.5 Å². The maximum atomic E-state index is 13.9. The molecule has 0 radical (unpaired) electrons. The Labute approximate surface area is 179 Å². The highest BCUT2D eigenvalue weighted by molar-refractivity contribution is 5.88. The molecule has 2 aromatic rings. The first-order valence-corrected chi connectivity index (χ1v) is 11.4. The minimum atomic E-state index is -0.521. The van der Waals surface area contributed by atoms with E-state index in [1.165, 1.54) is 19.3 Å². The molecule has 1 atom stereocenters. The molecule has 2 aliphatic heterocycles. The van der Waals surface area contributed by atoms with Crippen molar-refractivity contribution in [3.05, 3.63) is 65.7 Å². The van der Waals surface area contributed by atoms with E-state index in [2.05, 4.69) is 29.6 Å². The van der Waals surface area contributed by atoms with E-state index in [-0.39, 0.29) is 17.6 Å². The van der Waals surface area contributed by atoms with Crippen molar-refractivity contribution in [1.82, 2.24) is 5.32 Å². The molecule has 2 fully saturated rings. The molecule has 3 aliphatic rings. The third-order valence-electron chi connectivity index (χ3n) is 7.37. The van der Waals surface area contributed by atoms with E-state index < -0.39 is 5.41 Å². The van der Waals surface area contributed by atoms with Gasteiger partial charge in [0.05, 0.1) is 11.5 Å². The number of amides is 1. The average molecular weight is 406 g/mol. The van der Waals surface area contributed by atoms with Crippen molar-refractivity contribution in [3.8, 4) is 5.75 Å². The molecule has 0 aromatic heterocycles. The zero-order valence-electron chi connectivity index (χ0n) is 17.6. The predicted octanol–water partition coefficient (Wildman–Crippen LogP) is 5.08. The van der Waals surface area contributed by atoms with Crippen LogP contribution >= 0.6 is 0 Å². The smallest absolute Gasteiger partial charge is 0.231 e. The van der Waals surface area contributed by atoms with Crippen LogP contribution in [0.4, 0.5) is 0 Å². The van der Waals surface area contributed by atoms with Gasteiger partial charge in [-0.05, 0) is 50.2 Å². The summed E-state index contributed by atoms with van der Waals surface area (Å²) in [4.78, 5) is 13.9. The number of rotatable bonds is 3. The minimum absolute atomic E-state index is 0.0102. The first-order chi connectivity index (χ1) is 14.7. The number of ether oxygens (including phenoxy) is 2. The van der Waals surface area contributed by atoms with Gasteiger partial charge in [-0.15, -0.1) is 0 Å². The van der Waals surface area contributed by atoms with Crippen molar-refractivity contribution in [1.29, 1.82) is 0 Å². The van der Waals surface area contributed by atoms with E-state index in [0.29, 0.717) is 13.2 Å². The van der Waals surface area contributed by atoms with E-state index in [9.17, 15) is 4.79 Å². The van der Waals surface area contributed by atoms with E-state index in [1.807, 2.05) is 30.3 Å². The molecule has 4 heteroatoms. The minimum Gasteiger partial charge on any atom is -0.487 e. The number of carbonyl (C=O) groups is 1. The summed E-state index contributed by atoms with van der Waals surface area (Å²) in [6.07, 6.45) is 8.13. The quantitative estimate of drug-likeness (QED) is 0.775. The van der Waals surface area contributed by atoms with Crippen molar-refractivity contribution in [3.63, 3.8) is 0 Å². The second-order valence-corrected chi connectivity index (χ2v) is 9.17. The summed E-state index contributed by atoms with van der Waals surface area (Å²) in [6, 6.07) is 18.5. The van der Waals surface area contributed by atoms with Crippen LogP contribution < -0.4 is 10.1 Å². The Balaban J connectivity index is 1.46. The molecule has 1 aliphatic carbocycles. The van der Waals surface area contributed by atoms with Crippen LogP contribution in [-0.2, 0) is 14.9 Å². The highest BCUT2D eigenvalue weighted by Crippen LogP contribution is 2.46. The molecular formula is C26H31NO3. The maximum Gasteiger partial charge on any atom is 0.231 e. The van der Waals surface area contributed by atoms with E-state index in [0.717, 1.165) is 49.0 Å². The highest BCUT2D eigenvalue weighted by atomic mass is 16.5. The number of fused-ring (bicyclic) bond motifs is 1. The van der Waals surface area contributed by atoms with Gasteiger partial charge in [0.15, 0.2) is 0 Å². The highest BCUT2D eigenvalue weighted by Gasteiger charge is 2.46. The van der Waals surface area contributed by atoms with Crippen LogP contribution in [0.3, 0.4) is 0 Å². The lowest BCUT2D eigenvalue weighted by Crippen LogP contribution is -2.52. The topological polar surface area (TPSA) is 47.6 Å². The Morgan fingerprint density at radius 2 is 1.57 bits per heavy atom. The van der Waals surface area contributed by atoms with Crippen molar-refractivity contribution in [2.45, 2.75) is 68.4 Å². The fraction of sp³-hybridized carbons (Fsp3) is 0.500. The zero-order chi connectivity index (χ0) is 20.4. The van der Waals surface area contributed by atoms with Gasteiger partial charge in [-0.25, -0.2) is 0 Å². The van der Waals surface area contributed by atoms with Gasteiger partial charge in [-0.1, -0.05) is 55.0 Å². The van der Waals surface area contributed by atoms with Gasteiger partial charge in [-0.3, -0.25) is 4.79 Å². The number of hydrogen-bond donors (Lipinski definition) is 1. The molecule has 1 N–H and O–H groups in total. The Morgan fingerprint density at radius 1 is 0.867 bits per heavy atom. The maximum absolute atomic E-state index is 13.9. The number of para-hydroxylation sites is 1. The second-order valence-electron chi connectivity index (χ2n) is 9.17. The standard InChI is InChI=1S/C26H31NO3/c28-24(26(15-17-29-18-16-26)20-9-3-1-4-10-20)27-22-19-25(13-7-2-8-14-25)30-23-12-6-5-11-21(22)23/h1,3-6,9-12,22H,2,7-8,13-19H2,(H,27,28)/t22-/m0/s1. The number of hydrogen-bond acceptors (Lipinski definition) is 3. The van der Waals surface area contributed by atoms with Crippen LogP contribution in [0.15, 0.2) is 54.6 Å². The van der Waals surface area contributed by atoms with E-state index >= 15 is 0 Å². The first kappa shape index (κ1) is 19.6. The van der Waals surface area contributed by atoms with Crippen LogP contribution in [0.5, 0.6) is 5.75 Å². The normalized spacial score (nSPS) is 24.5. The van der Waals surface area contributed by atoms with Crippen LogP contribution in [0, 0.1) is 0 Å². The van der Waals surface area contributed by atoms with Gasteiger partial charge in [0.1, 0.15) is 11.4 Å². The zero-order valence-corrected chi connectivity index (χ0v) is 17.6. The average Bonchev–Trinajstić information content (AvgIpc) is 2.80. The summed E-state index contributed by atoms with van der Waals surface area (Å²) < 4.78 is 12.2. The summed E-state index contributed by atoms with van der Waals surface area (Å²) in [7, 11) is 0. The lowest BCUT2D eigenvalue weighted by molar-refractivity contribution is -0.132. The predicted molar refractivity (Wildman–Crippen MR) is 117 cm³/mol. The SMILES string of the molecule is O=C(N[C@H]1CC2(CCCCC2)Oc2ccccc21)C1(c2ccccc2)CCOCC1. The lowest BCUT2D eigenvalue weighted by atomic mass is 9.72. The fourth-order valence-corrected chi connectivity index (χ4v) is 5.67. The monoisotopic (exact) mass is 405 g/mol. The Kier molecular flexibility index (Phi) is 5.28. The van der Waals surface area contributed by atoms with Gasteiger partial charge in [0.25, 0.3) is 0 Å². The van der Waals surface area contributed by atoms with Crippen molar-refractivity contribution in [2.75, 3.05) is 13.2 Å². The second kappa shape index (κ2) is 8.07. The molecule has 4 nitrogen and oxygen atoms in total. The molecule has 2 aromatic carbocycles. The summed E-state index contributed by atoms with van der Waals surface area (Å²) in [5.74, 6) is 1.07. The first-order valence-electron chi connectivity index (χ1n) is 11.4. The molecule has 1 amide bonds. The molecule has 2 heterocycles. The van der Waals surface area contributed by atoms with Crippen molar-refractivity contribution >= 4 is 5.91 Å². The summed E-state index contributed by atoms with van der Waals surface area (Å²) >= 11 is 0. The van der Waals surface area contributed by atoms with Crippen LogP contribution in [0.2, 0.25) is 0 Å². The molecule has 0 unspecified atom stereocenters. The van der Waals surface area contributed by atoms with Crippen molar-refractivity contribution < 1.29 is 14.3 Å². The van der Waals surface area contributed by atoms with E-state index in [4.69, 9.17) is 9.47 Å². The summed E-state index contributed by atoms with van der Waals surface area (Å²) in [5.41, 5.74) is 1.54.